The highest BCUT2D eigenvalue weighted by Gasteiger charge is 2.23. The third kappa shape index (κ3) is 5.51. The quantitative estimate of drug-likeness (QED) is 0.724. The lowest BCUT2D eigenvalue weighted by Gasteiger charge is -2.33. The Hall–Kier alpha value is -2.50. The average molecular weight is 360 g/mol. The number of nitrogens with zero attached hydrogens (tertiary/aromatic N) is 1. The van der Waals surface area contributed by atoms with Crippen molar-refractivity contribution in [2.75, 3.05) is 33.9 Å². The van der Waals surface area contributed by atoms with Crippen LogP contribution in [0.15, 0.2) is 30.9 Å². The molecule has 1 aliphatic rings. The van der Waals surface area contributed by atoms with Gasteiger partial charge in [-0.2, -0.15) is 0 Å². The number of hydrogen-bond acceptors (Lipinski definition) is 4. The number of piperidine rings is 1. The first kappa shape index (κ1) is 19.8. The van der Waals surface area contributed by atoms with Crippen molar-refractivity contribution in [1.29, 1.82) is 0 Å². The summed E-state index contributed by atoms with van der Waals surface area (Å²) < 4.78 is 10.4. The highest BCUT2D eigenvalue weighted by Crippen LogP contribution is 2.23. The molecule has 0 saturated carbocycles. The van der Waals surface area contributed by atoms with Crippen molar-refractivity contribution in [1.82, 2.24) is 10.2 Å². The molecule has 1 atom stereocenters. The standard InChI is InChI=1S/C20H28N2O4/c1-4-5-8-19(23)22-9-6-7-15(14-22)13-21-20(24)16-10-17(25-2)12-18(11-16)26-3/h4,10-12,15H,1,5-9,13-14H2,2-3H3,(H,21,24)/t15-/m1/s1. The van der Waals surface area contributed by atoms with Crippen molar-refractivity contribution in [2.24, 2.45) is 5.92 Å². The van der Waals surface area contributed by atoms with Crippen LogP contribution in [-0.2, 0) is 4.79 Å². The Labute approximate surface area is 155 Å². The minimum Gasteiger partial charge on any atom is -0.497 e. The molecule has 6 heteroatoms. The van der Waals surface area contributed by atoms with Gasteiger partial charge in [-0.15, -0.1) is 6.58 Å². The minimum absolute atomic E-state index is 0.165. The van der Waals surface area contributed by atoms with Crippen molar-refractivity contribution < 1.29 is 19.1 Å². The van der Waals surface area contributed by atoms with Crippen molar-refractivity contribution >= 4 is 11.8 Å². The Morgan fingerprint density at radius 1 is 1.27 bits per heavy atom. The number of rotatable bonds is 8. The maximum absolute atomic E-state index is 12.5. The SMILES string of the molecule is C=CCCC(=O)N1CCC[C@H](CNC(=O)c2cc(OC)cc(OC)c2)C1. The molecular formula is C20H28N2O4. The Morgan fingerprint density at radius 2 is 1.96 bits per heavy atom. The number of methoxy groups -OCH3 is 2. The normalized spacial score (nSPS) is 16.7. The van der Waals surface area contributed by atoms with E-state index in [4.69, 9.17) is 9.47 Å². The fourth-order valence-electron chi connectivity index (χ4n) is 3.12. The molecule has 1 saturated heterocycles. The average Bonchev–Trinajstić information content (AvgIpc) is 2.69. The van der Waals surface area contributed by atoms with E-state index in [2.05, 4.69) is 11.9 Å². The van der Waals surface area contributed by atoms with Crippen molar-refractivity contribution in [2.45, 2.75) is 25.7 Å². The van der Waals surface area contributed by atoms with E-state index in [1.165, 1.54) is 0 Å². The smallest absolute Gasteiger partial charge is 0.251 e. The fourth-order valence-corrected chi connectivity index (χ4v) is 3.12. The lowest BCUT2D eigenvalue weighted by Crippen LogP contribution is -2.43. The third-order valence-corrected chi connectivity index (χ3v) is 4.60. The molecule has 0 unspecified atom stereocenters. The summed E-state index contributed by atoms with van der Waals surface area (Å²) in [6.45, 7) is 5.70. The van der Waals surface area contributed by atoms with Gasteiger partial charge in [0.25, 0.3) is 5.91 Å². The van der Waals surface area contributed by atoms with Gasteiger partial charge in [-0.3, -0.25) is 9.59 Å². The van der Waals surface area contributed by atoms with Gasteiger partial charge in [-0.25, -0.2) is 0 Å². The number of likely N-dealkylation sites (tertiary alicyclic amines) is 1. The summed E-state index contributed by atoms with van der Waals surface area (Å²) in [7, 11) is 3.10. The first-order chi connectivity index (χ1) is 12.6. The predicted octanol–water partition coefficient (Wildman–Crippen LogP) is 2.64. The number of carbonyl (C=O) groups is 2. The highest BCUT2D eigenvalue weighted by molar-refractivity contribution is 5.95. The van der Waals surface area contributed by atoms with E-state index in [1.807, 2.05) is 4.90 Å². The lowest BCUT2D eigenvalue weighted by atomic mass is 9.97. The molecule has 2 rings (SSSR count). The molecule has 0 aromatic heterocycles. The van der Waals surface area contributed by atoms with Crippen LogP contribution in [-0.4, -0.2) is 50.6 Å². The lowest BCUT2D eigenvalue weighted by molar-refractivity contribution is -0.132. The molecule has 1 N–H and O–H groups in total. The van der Waals surface area contributed by atoms with E-state index in [1.54, 1.807) is 38.5 Å². The molecule has 142 valence electrons. The summed E-state index contributed by atoms with van der Waals surface area (Å²) >= 11 is 0. The van der Waals surface area contributed by atoms with Crippen LogP contribution >= 0.6 is 0 Å². The van der Waals surface area contributed by atoms with Crippen molar-refractivity contribution in [3.05, 3.63) is 36.4 Å². The summed E-state index contributed by atoms with van der Waals surface area (Å²) in [6, 6.07) is 5.10. The van der Waals surface area contributed by atoms with Gasteiger partial charge in [0.2, 0.25) is 5.91 Å². The van der Waals surface area contributed by atoms with Crippen LogP contribution in [0, 0.1) is 5.92 Å². The maximum Gasteiger partial charge on any atom is 0.251 e. The second-order valence-corrected chi connectivity index (χ2v) is 6.49. The number of amides is 2. The summed E-state index contributed by atoms with van der Waals surface area (Å²) in [5.74, 6) is 1.42. The highest BCUT2D eigenvalue weighted by atomic mass is 16.5. The second-order valence-electron chi connectivity index (χ2n) is 6.49. The van der Waals surface area contributed by atoms with Crippen LogP contribution in [0.3, 0.4) is 0 Å². The van der Waals surface area contributed by atoms with E-state index in [0.717, 1.165) is 19.4 Å². The molecule has 0 bridgehead atoms. The Bertz CT molecular complexity index is 622. The number of benzene rings is 1. The molecule has 0 spiro atoms. The largest absolute Gasteiger partial charge is 0.497 e. The first-order valence-corrected chi connectivity index (χ1v) is 8.97. The van der Waals surface area contributed by atoms with Crippen LogP contribution < -0.4 is 14.8 Å². The van der Waals surface area contributed by atoms with Gasteiger partial charge >= 0.3 is 0 Å². The zero-order valence-corrected chi connectivity index (χ0v) is 15.6. The molecule has 1 fully saturated rings. The van der Waals surface area contributed by atoms with Crippen LogP contribution in [0.4, 0.5) is 0 Å². The van der Waals surface area contributed by atoms with Gasteiger partial charge in [0.15, 0.2) is 0 Å². The first-order valence-electron chi connectivity index (χ1n) is 8.97. The molecule has 26 heavy (non-hydrogen) atoms. The van der Waals surface area contributed by atoms with Crippen molar-refractivity contribution in [3.63, 3.8) is 0 Å². The van der Waals surface area contributed by atoms with Gasteiger partial charge in [-0.05, 0) is 37.3 Å². The van der Waals surface area contributed by atoms with Gasteiger partial charge in [0, 0.05) is 37.7 Å². The number of carbonyl (C=O) groups excluding carboxylic acids is 2. The minimum atomic E-state index is -0.169. The molecule has 1 aromatic carbocycles. The Morgan fingerprint density at radius 3 is 2.58 bits per heavy atom. The second kappa shape index (κ2) is 9.85. The van der Waals surface area contributed by atoms with E-state index in [0.29, 0.717) is 43.0 Å². The number of nitrogens with one attached hydrogen (secondary N) is 1. The predicted molar refractivity (Wildman–Crippen MR) is 101 cm³/mol. The van der Waals surface area contributed by atoms with Crippen molar-refractivity contribution in [3.8, 4) is 11.5 Å². The number of ether oxygens (including phenoxy) is 2. The zero-order valence-electron chi connectivity index (χ0n) is 15.6. The van der Waals surface area contributed by atoms with Gasteiger partial charge in [-0.1, -0.05) is 6.08 Å². The van der Waals surface area contributed by atoms with Crippen LogP contribution in [0.2, 0.25) is 0 Å². The van der Waals surface area contributed by atoms with Crippen LogP contribution in [0.25, 0.3) is 0 Å². The molecule has 1 aromatic rings. The van der Waals surface area contributed by atoms with Crippen LogP contribution in [0.5, 0.6) is 11.5 Å². The summed E-state index contributed by atoms with van der Waals surface area (Å²) in [6.07, 6.45) is 4.95. The van der Waals surface area contributed by atoms with Crippen LogP contribution in [0.1, 0.15) is 36.0 Å². The molecular weight excluding hydrogens is 332 g/mol. The molecule has 0 radical (unpaired) electrons. The molecule has 2 amide bonds. The maximum atomic E-state index is 12.5. The third-order valence-electron chi connectivity index (χ3n) is 4.60. The number of hydrogen-bond donors (Lipinski definition) is 1. The zero-order chi connectivity index (χ0) is 18.9. The van der Waals surface area contributed by atoms with E-state index in [9.17, 15) is 9.59 Å². The van der Waals surface area contributed by atoms with Gasteiger partial charge < -0.3 is 19.7 Å². The Kier molecular flexibility index (Phi) is 7.51. The topological polar surface area (TPSA) is 67.9 Å². The molecule has 1 heterocycles. The monoisotopic (exact) mass is 360 g/mol. The fraction of sp³-hybridized carbons (Fsp3) is 0.500. The van der Waals surface area contributed by atoms with E-state index >= 15 is 0 Å². The summed E-state index contributed by atoms with van der Waals surface area (Å²) in [5.41, 5.74) is 0.496. The van der Waals surface area contributed by atoms with Gasteiger partial charge in [0.05, 0.1) is 14.2 Å². The molecule has 1 aliphatic heterocycles. The molecule has 0 aliphatic carbocycles. The number of allylic oxidation sites excluding steroid dienone is 1. The molecule has 6 nitrogen and oxygen atoms in total. The summed E-state index contributed by atoms with van der Waals surface area (Å²) in [5, 5.41) is 2.97. The van der Waals surface area contributed by atoms with Gasteiger partial charge in [0.1, 0.15) is 11.5 Å². The van der Waals surface area contributed by atoms with E-state index in [-0.39, 0.29) is 17.7 Å². The summed E-state index contributed by atoms with van der Waals surface area (Å²) in [4.78, 5) is 26.5. The Balaban J connectivity index is 1.90. The van der Waals surface area contributed by atoms with E-state index < -0.39 is 0 Å².